The van der Waals surface area contributed by atoms with E-state index in [1.807, 2.05) is 6.07 Å². The topological polar surface area (TPSA) is 46.5 Å². The lowest BCUT2D eigenvalue weighted by atomic mass is 9.53. The maximum absolute atomic E-state index is 13.2. The Morgan fingerprint density at radius 2 is 1.86 bits per heavy atom. The second-order valence-electron chi connectivity index (χ2n) is 11.2. The van der Waals surface area contributed by atoms with Gasteiger partial charge in [-0.15, -0.1) is 0 Å². The lowest BCUT2D eigenvalue weighted by Crippen LogP contribution is -2.47. The van der Waals surface area contributed by atoms with Gasteiger partial charge in [-0.05, 0) is 115 Å². The molecule has 196 valence electrons. The highest BCUT2D eigenvalue weighted by atomic mass is 19.4. The van der Waals surface area contributed by atoms with Gasteiger partial charge in [-0.25, -0.2) is 0 Å². The second-order valence-corrected chi connectivity index (χ2v) is 11.2. The fraction of sp³-hybridized carbons (Fsp3) is 0.452. The normalized spacial score (nSPS) is 28.6. The first kappa shape index (κ1) is 25.8. The largest absolute Gasteiger partial charge is 0.497 e. The van der Waals surface area contributed by atoms with Crippen molar-refractivity contribution in [2.24, 2.45) is 17.3 Å². The van der Waals surface area contributed by atoms with Gasteiger partial charge in [-0.2, -0.15) is 13.2 Å². The van der Waals surface area contributed by atoms with Crippen LogP contribution in [0.3, 0.4) is 0 Å². The maximum atomic E-state index is 13.2. The molecule has 5 rings (SSSR count). The first-order chi connectivity index (χ1) is 17.4. The van der Waals surface area contributed by atoms with Crippen LogP contribution >= 0.6 is 0 Å². The van der Waals surface area contributed by atoms with Gasteiger partial charge in [0.25, 0.3) is 0 Å². The van der Waals surface area contributed by atoms with Crippen molar-refractivity contribution in [3.8, 4) is 5.75 Å². The lowest BCUT2D eigenvalue weighted by molar-refractivity contribution is -0.137. The summed E-state index contributed by atoms with van der Waals surface area (Å²) in [6.07, 6.45) is 5.23. The minimum absolute atomic E-state index is 0.271. The number of aliphatic hydroxyl groups is 1. The highest BCUT2D eigenvalue weighted by Crippen LogP contribution is 2.62. The average molecular weight is 511 g/mol. The zero-order chi connectivity index (χ0) is 26.6. The third-order valence-electron chi connectivity index (χ3n) is 9.18. The Hall–Kier alpha value is -2.86. The molecule has 0 aliphatic heterocycles. The number of methoxy groups -OCH3 is 1. The summed E-state index contributed by atoms with van der Waals surface area (Å²) in [7, 11) is 1.69. The van der Waals surface area contributed by atoms with Gasteiger partial charge in [0.1, 0.15) is 11.4 Å². The summed E-state index contributed by atoms with van der Waals surface area (Å²) in [5.74, 6) is 1.75. The second kappa shape index (κ2) is 9.16. The van der Waals surface area contributed by atoms with Crippen LogP contribution in [0.1, 0.15) is 67.7 Å². The molecule has 1 N–H and O–H groups in total. The van der Waals surface area contributed by atoms with Crippen LogP contribution in [0.2, 0.25) is 0 Å². The highest BCUT2D eigenvalue weighted by molar-refractivity contribution is 6.02. The molecule has 3 aliphatic carbocycles. The quantitative estimate of drug-likeness (QED) is 0.344. The molecule has 0 heterocycles. The molecule has 0 spiro atoms. The number of halogens is 3. The average Bonchev–Trinajstić information content (AvgIpc) is 3.24. The first-order valence-electron chi connectivity index (χ1n) is 12.9. The summed E-state index contributed by atoms with van der Waals surface area (Å²) < 4.78 is 43.9. The van der Waals surface area contributed by atoms with Gasteiger partial charge in [0, 0.05) is 0 Å². The number of alkyl halides is 3. The number of aryl methyl sites for hydroxylation is 1. The van der Waals surface area contributed by atoms with E-state index in [4.69, 9.17) is 4.74 Å². The molecule has 2 aromatic carbocycles. The van der Waals surface area contributed by atoms with E-state index in [-0.39, 0.29) is 5.41 Å². The first-order valence-corrected chi connectivity index (χ1v) is 12.9. The van der Waals surface area contributed by atoms with Crippen LogP contribution in [-0.2, 0) is 17.4 Å². The molecule has 0 bridgehead atoms. The van der Waals surface area contributed by atoms with Crippen LogP contribution in [0, 0.1) is 17.3 Å². The third-order valence-corrected chi connectivity index (χ3v) is 9.18. The maximum Gasteiger partial charge on any atom is 0.416 e. The smallest absolute Gasteiger partial charge is 0.416 e. The molecule has 0 radical (unpaired) electrons. The van der Waals surface area contributed by atoms with E-state index in [2.05, 4.69) is 25.1 Å². The Kier molecular flexibility index (Phi) is 6.38. The van der Waals surface area contributed by atoms with Gasteiger partial charge in [0.2, 0.25) is 0 Å². The molecule has 3 nitrogen and oxygen atoms in total. The van der Waals surface area contributed by atoms with Crippen molar-refractivity contribution < 1.29 is 27.8 Å². The van der Waals surface area contributed by atoms with Crippen molar-refractivity contribution >= 4 is 11.9 Å². The lowest BCUT2D eigenvalue weighted by Gasteiger charge is -2.51. The number of carbonyl (C=O) groups is 1. The van der Waals surface area contributed by atoms with E-state index < -0.39 is 23.1 Å². The van der Waals surface area contributed by atoms with E-state index in [9.17, 15) is 23.1 Å². The van der Waals surface area contributed by atoms with Crippen molar-refractivity contribution in [1.29, 1.82) is 0 Å². The molecule has 5 atom stereocenters. The molecule has 3 aliphatic rings. The number of benzene rings is 2. The molecular weight excluding hydrogens is 477 g/mol. The minimum Gasteiger partial charge on any atom is -0.497 e. The Bertz CT molecular complexity index is 1260. The van der Waals surface area contributed by atoms with Gasteiger partial charge in [0.15, 0.2) is 5.78 Å². The third kappa shape index (κ3) is 4.43. The molecule has 0 aromatic heterocycles. The van der Waals surface area contributed by atoms with Crippen molar-refractivity contribution in [3.63, 3.8) is 0 Å². The zero-order valence-corrected chi connectivity index (χ0v) is 21.4. The summed E-state index contributed by atoms with van der Waals surface area (Å²) in [6.45, 7) is 3.75. The van der Waals surface area contributed by atoms with Gasteiger partial charge in [0.05, 0.1) is 12.7 Å². The number of carbonyl (C=O) groups excluding carboxylic acids is 1. The number of hydrogen-bond donors (Lipinski definition) is 1. The Balaban J connectivity index is 1.33. The number of rotatable bonds is 5. The van der Waals surface area contributed by atoms with E-state index in [1.54, 1.807) is 14.0 Å². The number of fused-ring (bicyclic) bond motifs is 5. The molecule has 0 saturated heterocycles. The molecule has 0 unspecified atom stereocenters. The predicted molar refractivity (Wildman–Crippen MR) is 137 cm³/mol. The Morgan fingerprint density at radius 3 is 2.54 bits per heavy atom. The SMILES string of the molecule is COc1ccc2c(c1)CC[C@@H]1[C@@H]2CC[C@]2(C)C([C@@](C)(O)C(=O)/C=C/c3ccc(C(F)(F)F)cc3)=CC[C@@H]12. The van der Waals surface area contributed by atoms with Crippen molar-refractivity contribution in [2.75, 3.05) is 7.11 Å². The standard InChI is InChI=1S/C31H33F3O3/c1-29-17-16-24-23-12-10-22(37-3)18-20(23)7-11-25(24)26(29)13-14-27(29)30(2,36)28(35)15-6-19-4-8-21(9-5-19)31(32,33)34/h4-6,8-10,12,14-15,18,24-26,36H,7,11,13,16-17H2,1-3H3/b15-6+/t24-,25-,26+,29+,30-/m1/s1. The van der Waals surface area contributed by atoms with E-state index in [0.717, 1.165) is 55.6 Å². The van der Waals surface area contributed by atoms with Crippen LogP contribution in [0.5, 0.6) is 5.75 Å². The van der Waals surface area contributed by atoms with Crippen molar-refractivity contribution in [1.82, 2.24) is 0 Å². The minimum atomic E-state index is -4.41. The Morgan fingerprint density at radius 1 is 1.14 bits per heavy atom. The predicted octanol–water partition coefficient (Wildman–Crippen LogP) is 7.14. The summed E-state index contributed by atoms with van der Waals surface area (Å²) in [6, 6.07) is 11.0. The van der Waals surface area contributed by atoms with Crippen LogP contribution in [0.4, 0.5) is 13.2 Å². The molecule has 37 heavy (non-hydrogen) atoms. The molecule has 0 amide bonds. The Labute approximate surface area is 216 Å². The van der Waals surface area contributed by atoms with Crippen molar-refractivity contribution in [2.45, 2.75) is 63.6 Å². The van der Waals surface area contributed by atoms with E-state index in [0.29, 0.717) is 23.3 Å². The molecule has 6 heteroatoms. The number of ketones is 1. The summed E-state index contributed by atoms with van der Waals surface area (Å²) in [5, 5.41) is 11.5. The number of hydrogen-bond acceptors (Lipinski definition) is 3. The molecule has 2 aromatic rings. The van der Waals surface area contributed by atoms with Gasteiger partial charge < -0.3 is 9.84 Å². The summed E-state index contributed by atoms with van der Waals surface area (Å²) in [4.78, 5) is 13.2. The molecule has 1 fully saturated rings. The van der Waals surface area contributed by atoms with E-state index in [1.165, 1.54) is 35.4 Å². The number of ether oxygens (including phenoxy) is 1. The van der Waals surface area contributed by atoms with Crippen LogP contribution in [0.15, 0.2) is 60.2 Å². The highest BCUT2D eigenvalue weighted by Gasteiger charge is 2.56. The molecule has 1 saturated carbocycles. The van der Waals surface area contributed by atoms with Gasteiger partial charge in [-0.3, -0.25) is 4.79 Å². The molecular formula is C31H33F3O3. The number of allylic oxidation sites excluding steroid dienone is 1. The van der Waals surface area contributed by atoms with Crippen LogP contribution < -0.4 is 4.74 Å². The summed E-state index contributed by atoms with van der Waals surface area (Å²) in [5.41, 5.74) is 1.36. The van der Waals surface area contributed by atoms with Gasteiger partial charge in [-0.1, -0.05) is 37.3 Å². The van der Waals surface area contributed by atoms with Crippen LogP contribution in [-0.4, -0.2) is 23.6 Å². The van der Waals surface area contributed by atoms with E-state index >= 15 is 0 Å². The summed E-state index contributed by atoms with van der Waals surface area (Å²) >= 11 is 0. The fourth-order valence-electron chi connectivity index (χ4n) is 7.26. The van der Waals surface area contributed by atoms with Gasteiger partial charge >= 0.3 is 6.18 Å². The monoisotopic (exact) mass is 510 g/mol. The van der Waals surface area contributed by atoms with Crippen LogP contribution in [0.25, 0.3) is 6.08 Å². The zero-order valence-electron chi connectivity index (χ0n) is 21.4. The fourth-order valence-corrected chi connectivity index (χ4v) is 7.26. The van der Waals surface area contributed by atoms with Crippen molar-refractivity contribution in [3.05, 3.63) is 82.4 Å².